The zero-order valence-electron chi connectivity index (χ0n) is 14.5. The van der Waals surface area contributed by atoms with E-state index in [1.165, 1.54) is 0 Å². The zero-order chi connectivity index (χ0) is 18.6. The average molecular weight is 422 g/mol. The second-order valence-corrected chi connectivity index (χ2v) is 8.42. The number of carbonyl (C=O) groups is 3. The predicted octanol–water partition coefficient (Wildman–Crippen LogP) is 2.36. The topological polar surface area (TPSA) is 81.7 Å². The van der Waals surface area contributed by atoms with Gasteiger partial charge in [-0.15, -0.1) is 0 Å². The molecule has 3 aliphatic rings. The van der Waals surface area contributed by atoms with Crippen molar-refractivity contribution in [3.63, 3.8) is 0 Å². The summed E-state index contributed by atoms with van der Waals surface area (Å²) in [5, 5.41) is 2.76. The monoisotopic (exact) mass is 421 g/mol. The fraction of sp³-hybridized carbons (Fsp3) is 0.526. The number of hydrogen-bond acceptors (Lipinski definition) is 5. The lowest BCUT2D eigenvalue weighted by atomic mass is 9.80. The average Bonchev–Trinajstić information content (AvgIpc) is 3.21. The number of alkyl halides is 1. The molecule has 1 aliphatic heterocycles. The van der Waals surface area contributed by atoms with Crippen molar-refractivity contribution >= 4 is 39.5 Å². The molecule has 6 nitrogen and oxygen atoms in total. The number of ether oxygens (including phenoxy) is 2. The number of nitrogens with one attached hydrogen (secondary N) is 1. The molecule has 0 unspecified atom stereocenters. The molecule has 1 saturated heterocycles. The highest BCUT2D eigenvalue weighted by atomic mass is 79.9. The molecule has 1 heterocycles. The van der Waals surface area contributed by atoms with E-state index in [-0.39, 0.29) is 35.3 Å². The lowest BCUT2D eigenvalue weighted by molar-refractivity contribution is -0.157. The Morgan fingerprint density at radius 3 is 2.85 bits per heavy atom. The number of carbonyl (C=O) groups excluding carboxylic acids is 3. The van der Waals surface area contributed by atoms with E-state index in [9.17, 15) is 14.4 Å². The largest absolute Gasteiger partial charge is 0.461 e. The molecule has 138 valence electrons. The van der Waals surface area contributed by atoms with E-state index in [2.05, 4.69) is 21.2 Å². The van der Waals surface area contributed by atoms with Gasteiger partial charge >= 0.3 is 11.9 Å². The highest BCUT2D eigenvalue weighted by Crippen LogP contribution is 2.60. The minimum absolute atomic E-state index is 0.0171. The van der Waals surface area contributed by atoms with Gasteiger partial charge in [0.15, 0.2) is 6.61 Å². The van der Waals surface area contributed by atoms with Crippen LogP contribution < -0.4 is 5.32 Å². The molecular formula is C19H20BrNO5. The molecule has 6 atom stereocenters. The fourth-order valence-electron chi connectivity index (χ4n) is 4.60. The molecule has 7 heteroatoms. The summed E-state index contributed by atoms with van der Waals surface area (Å²) in [5.41, 5.74) is 2.75. The summed E-state index contributed by atoms with van der Waals surface area (Å²) >= 11 is 3.56. The second kappa shape index (κ2) is 6.37. The number of fused-ring (bicyclic) bond motifs is 1. The Balaban J connectivity index is 1.38. The van der Waals surface area contributed by atoms with Crippen LogP contribution in [0.4, 0.5) is 5.69 Å². The Kier molecular flexibility index (Phi) is 4.29. The number of hydrogen-bond donors (Lipinski definition) is 1. The number of esters is 2. The van der Waals surface area contributed by atoms with Crippen molar-refractivity contribution < 1.29 is 23.9 Å². The van der Waals surface area contributed by atoms with Crippen LogP contribution in [0, 0.1) is 37.5 Å². The SMILES string of the molecule is Cc1cccc(NC(=O)COC(=O)[C@@H]2[C@H]3C[C@H]4[C@H](OC(=O)[C@@H]42)[C@H]3Br)c1C. The van der Waals surface area contributed by atoms with Crippen LogP contribution in [0.5, 0.6) is 0 Å². The minimum atomic E-state index is -0.524. The van der Waals surface area contributed by atoms with Gasteiger partial charge in [0.05, 0.1) is 16.7 Å². The van der Waals surface area contributed by atoms with E-state index in [1.54, 1.807) is 0 Å². The van der Waals surface area contributed by atoms with Gasteiger partial charge in [-0.25, -0.2) is 0 Å². The van der Waals surface area contributed by atoms with Crippen LogP contribution in [0.2, 0.25) is 0 Å². The molecule has 4 rings (SSSR count). The summed E-state index contributed by atoms with van der Waals surface area (Å²) in [6.45, 7) is 3.52. The summed E-state index contributed by atoms with van der Waals surface area (Å²) in [6, 6.07) is 5.63. The molecule has 3 fully saturated rings. The van der Waals surface area contributed by atoms with Gasteiger partial charge in [0.25, 0.3) is 5.91 Å². The van der Waals surface area contributed by atoms with Crippen molar-refractivity contribution in [3.8, 4) is 0 Å². The molecule has 1 amide bonds. The highest BCUT2D eigenvalue weighted by molar-refractivity contribution is 9.09. The predicted molar refractivity (Wildman–Crippen MR) is 96.7 cm³/mol. The smallest absolute Gasteiger partial charge is 0.310 e. The molecule has 0 radical (unpaired) electrons. The van der Waals surface area contributed by atoms with Gasteiger partial charge in [0.1, 0.15) is 6.10 Å². The first-order valence-corrected chi connectivity index (χ1v) is 9.67. The van der Waals surface area contributed by atoms with Gasteiger partial charge in [-0.3, -0.25) is 14.4 Å². The van der Waals surface area contributed by atoms with Crippen LogP contribution in [0.1, 0.15) is 17.5 Å². The summed E-state index contributed by atoms with van der Waals surface area (Å²) in [4.78, 5) is 36.8. The van der Waals surface area contributed by atoms with Crippen molar-refractivity contribution in [1.29, 1.82) is 0 Å². The molecule has 2 bridgehead atoms. The van der Waals surface area contributed by atoms with Gasteiger partial charge in [0, 0.05) is 11.6 Å². The Morgan fingerprint density at radius 2 is 2.08 bits per heavy atom. The molecule has 2 aliphatic carbocycles. The summed E-state index contributed by atoms with van der Waals surface area (Å²) < 4.78 is 10.6. The lowest BCUT2D eigenvalue weighted by Gasteiger charge is -2.26. The molecule has 2 saturated carbocycles. The van der Waals surface area contributed by atoms with Crippen LogP contribution >= 0.6 is 15.9 Å². The Bertz CT molecular complexity index is 794. The summed E-state index contributed by atoms with van der Waals surface area (Å²) in [6.07, 6.45) is 0.653. The molecule has 0 aromatic heterocycles. The van der Waals surface area contributed by atoms with Crippen LogP contribution in [0.25, 0.3) is 0 Å². The van der Waals surface area contributed by atoms with E-state index in [1.807, 2.05) is 32.0 Å². The maximum atomic E-state index is 12.6. The maximum Gasteiger partial charge on any atom is 0.310 e. The van der Waals surface area contributed by atoms with Gasteiger partial charge in [-0.1, -0.05) is 28.1 Å². The number of amides is 1. The van der Waals surface area contributed by atoms with Crippen LogP contribution in [0.15, 0.2) is 18.2 Å². The molecular weight excluding hydrogens is 402 g/mol. The third-order valence-electron chi connectivity index (χ3n) is 6.02. The number of halogens is 1. The van der Waals surface area contributed by atoms with Crippen molar-refractivity contribution in [3.05, 3.63) is 29.3 Å². The fourth-order valence-corrected chi connectivity index (χ4v) is 5.64. The van der Waals surface area contributed by atoms with Gasteiger partial charge in [0.2, 0.25) is 0 Å². The second-order valence-electron chi connectivity index (χ2n) is 7.36. The molecule has 26 heavy (non-hydrogen) atoms. The maximum absolute atomic E-state index is 12.6. The van der Waals surface area contributed by atoms with E-state index >= 15 is 0 Å². The van der Waals surface area contributed by atoms with Crippen molar-refractivity contribution in [2.45, 2.75) is 31.2 Å². The van der Waals surface area contributed by atoms with Crippen molar-refractivity contribution in [2.75, 3.05) is 11.9 Å². The van der Waals surface area contributed by atoms with E-state index in [4.69, 9.17) is 9.47 Å². The van der Waals surface area contributed by atoms with Crippen LogP contribution in [-0.2, 0) is 23.9 Å². The standard InChI is InChI=1S/C19H20BrNO5/c1-8-4-3-5-12(9(8)2)21-13(22)7-25-18(23)14-10-6-11-15(14)19(24)26-17(11)16(10)20/h3-5,10-11,14-17H,6-7H2,1-2H3,(H,21,22)/t10-,11-,14-,15+,16+,17+/m1/s1. The Morgan fingerprint density at radius 1 is 1.31 bits per heavy atom. The minimum Gasteiger partial charge on any atom is -0.461 e. The van der Waals surface area contributed by atoms with Crippen molar-refractivity contribution in [1.82, 2.24) is 0 Å². The first-order chi connectivity index (χ1) is 12.4. The third-order valence-corrected chi connectivity index (χ3v) is 7.22. The van der Waals surface area contributed by atoms with E-state index in [0.717, 1.165) is 17.5 Å². The normalized spacial score (nSPS) is 33.9. The number of anilines is 1. The highest BCUT2D eigenvalue weighted by Gasteiger charge is 2.68. The van der Waals surface area contributed by atoms with Gasteiger partial charge in [-0.05, 0) is 43.4 Å². The number of aryl methyl sites for hydroxylation is 1. The summed E-state index contributed by atoms with van der Waals surface area (Å²) in [7, 11) is 0. The van der Waals surface area contributed by atoms with Crippen molar-refractivity contribution in [2.24, 2.45) is 23.7 Å². The quantitative estimate of drug-likeness (QED) is 0.595. The molecule has 0 spiro atoms. The molecule has 1 N–H and O–H groups in total. The van der Waals surface area contributed by atoms with Crippen LogP contribution in [0.3, 0.4) is 0 Å². The number of rotatable bonds is 4. The summed E-state index contributed by atoms with van der Waals surface area (Å²) in [5.74, 6) is -2.03. The van der Waals surface area contributed by atoms with E-state index < -0.39 is 23.7 Å². The first kappa shape index (κ1) is 17.5. The lowest BCUT2D eigenvalue weighted by Crippen LogP contribution is -2.39. The van der Waals surface area contributed by atoms with E-state index in [0.29, 0.717) is 5.69 Å². The zero-order valence-corrected chi connectivity index (χ0v) is 16.1. The Labute approximate surface area is 159 Å². The molecule has 1 aromatic carbocycles. The van der Waals surface area contributed by atoms with Gasteiger partial charge in [-0.2, -0.15) is 0 Å². The number of benzene rings is 1. The van der Waals surface area contributed by atoms with Crippen LogP contribution in [-0.4, -0.2) is 35.4 Å². The van der Waals surface area contributed by atoms with Gasteiger partial charge < -0.3 is 14.8 Å². The first-order valence-electron chi connectivity index (χ1n) is 8.75. The third kappa shape index (κ3) is 2.64. The Hall–Kier alpha value is -1.89. The molecule has 1 aromatic rings.